The maximum Gasteiger partial charge on any atom is 0.357 e. The van der Waals surface area contributed by atoms with E-state index in [0.717, 1.165) is 62.4 Å². The van der Waals surface area contributed by atoms with Crippen LogP contribution in [0.15, 0.2) is 72.8 Å². The first-order chi connectivity index (χ1) is 23.4. The van der Waals surface area contributed by atoms with E-state index in [1.54, 1.807) is 22.1 Å². The second kappa shape index (κ2) is 14.3. The predicted octanol–water partition coefficient (Wildman–Crippen LogP) is 3.52. The van der Waals surface area contributed by atoms with Gasteiger partial charge in [-0.15, -0.1) is 5.06 Å². The average Bonchev–Trinajstić information content (AvgIpc) is 3.44. The molecule has 1 unspecified atom stereocenters. The Morgan fingerprint density at radius 3 is 2.27 bits per heavy atom. The molecule has 11 heteroatoms. The molecule has 4 aliphatic heterocycles. The molecule has 0 saturated carbocycles. The number of nitrogens with zero attached hydrogens (tertiary/aromatic N) is 4. The number of amides is 3. The van der Waals surface area contributed by atoms with Crippen molar-refractivity contribution in [3.05, 3.63) is 101 Å². The molecule has 4 aliphatic rings. The third-order valence-corrected chi connectivity index (χ3v) is 9.78. The molecule has 0 spiro atoms. The largest absolute Gasteiger partial charge is 0.373 e. The minimum Gasteiger partial charge on any atom is -0.373 e. The number of piperazine rings is 1. The summed E-state index contributed by atoms with van der Waals surface area (Å²) in [5.74, 6) is -1.13. The van der Waals surface area contributed by atoms with Crippen LogP contribution in [-0.2, 0) is 38.9 Å². The summed E-state index contributed by atoms with van der Waals surface area (Å²) in [5.41, 5.74) is 5.64. The van der Waals surface area contributed by atoms with Gasteiger partial charge in [0.25, 0.3) is 5.91 Å². The topological polar surface area (TPSA) is 112 Å². The zero-order valence-corrected chi connectivity index (χ0v) is 27.0. The fourth-order valence-corrected chi connectivity index (χ4v) is 6.97. The van der Waals surface area contributed by atoms with Crippen LogP contribution in [0.25, 0.3) is 0 Å². The number of anilines is 1. The zero-order valence-electron chi connectivity index (χ0n) is 27.0. The molecule has 0 aliphatic carbocycles. The molecule has 3 fully saturated rings. The van der Waals surface area contributed by atoms with Crippen molar-refractivity contribution in [1.82, 2.24) is 20.2 Å². The Morgan fingerprint density at radius 2 is 1.54 bits per heavy atom. The summed E-state index contributed by atoms with van der Waals surface area (Å²) in [6, 6.07) is 23.1. The van der Waals surface area contributed by atoms with Crippen LogP contribution in [0.4, 0.5) is 5.69 Å². The Balaban J connectivity index is 0.831. The Hall–Kier alpha value is -4.58. The highest BCUT2D eigenvalue weighted by molar-refractivity contribution is 6.05. The highest BCUT2D eigenvalue weighted by Gasteiger charge is 2.39. The summed E-state index contributed by atoms with van der Waals surface area (Å²) in [4.78, 5) is 61.3. The van der Waals surface area contributed by atoms with Gasteiger partial charge in [0.1, 0.15) is 6.04 Å². The van der Waals surface area contributed by atoms with Gasteiger partial charge in [-0.2, -0.15) is 0 Å². The van der Waals surface area contributed by atoms with Crippen LogP contribution in [0.1, 0.15) is 63.1 Å². The van der Waals surface area contributed by atoms with Gasteiger partial charge < -0.3 is 19.4 Å². The Labute approximate surface area is 280 Å². The molecule has 11 nitrogen and oxygen atoms in total. The lowest BCUT2D eigenvalue weighted by molar-refractivity contribution is -0.141. The quantitative estimate of drug-likeness (QED) is 0.348. The molecule has 1 N–H and O–H groups in total. The van der Waals surface area contributed by atoms with Gasteiger partial charge in [-0.05, 0) is 66.3 Å². The van der Waals surface area contributed by atoms with Gasteiger partial charge in [0.15, 0.2) is 0 Å². The molecular weight excluding hydrogens is 610 g/mol. The molecule has 4 heterocycles. The van der Waals surface area contributed by atoms with E-state index in [-0.39, 0.29) is 36.2 Å². The summed E-state index contributed by atoms with van der Waals surface area (Å²) in [7, 11) is 0. The Kier molecular flexibility index (Phi) is 9.51. The van der Waals surface area contributed by atoms with Gasteiger partial charge in [-0.1, -0.05) is 42.5 Å². The van der Waals surface area contributed by atoms with E-state index < -0.39 is 6.04 Å². The average molecular weight is 652 g/mol. The lowest BCUT2D eigenvalue weighted by atomic mass is 10.0. The highest BCUT2D eigenvalue weighted by atomic mass is 16.7. The van der Waals surface area contributed by atoms with Crippen molar-refractivity contribution in [3.63, 3.8) is 0 Å². The molecule has 250 valence electrons. The molecule has 0 radical (unpaired) electrons. The van der Waals surface area contributed by atoms with Crippen LogP contribution in [0.3, 0.4) is 0 Å². The van der Waals surface area contributed by atoms with Gasteiger partial charge in [0.2, 0.25) is 11.8 Å². The van der Waals surface area contributed by atoms with Crippen molar-refractivity contribution >= 4 is 29.4 Å². The van der Waals surface area contributed by atoms with E-state index in [1.807, 2.05) is 30.3 Å². The molecule has 3 amide bonds. The minimum atomic E-state index is -0.598. The first kappa shape index (κ1) is 32.0. The van der Waals surface area contributed by atoms with Gasteiger partial charge in [-0.25, -0.2) is 4.79 Å². The third-order valence-electron chi connectivity index (χ3n) is 9.78. The highest BCUT2D eigenvalue weighted by Crippen LogP contribution is 2.31. The lowest BCUT2D eigenvalue weighted by Crippen LogP contribution is -2.52. The molecule has 3 saturated heterocycles. The number of piperidine rings is 2. The van der Waals surface area contributed by atoms with Crippen molar-refractivity contribution in [3.8, 4) is 0 Å². The number of ether oxygens (including phenoxy) is 1. The molecule has 1 atom stereocenters. The molecule has 48 heavy (non-hydrogen) atoms. The standard InChI is InChI=1S/C37H41N5O6/c43-34-13-12-33(35(44)38-34)42-24-29-22-30(10-11-32(29)36(42)45)40-20-18-39(19-21-40)23-26-6-8-27(9-7-26)25-47-31-14-16-41(17-15-31)48-37(46)28-4-2-1-3-5-28/h1-11,22,31,33H,12-21,23-25H2,(H,38,43,44). The van der Waals surface area contributed by atoms with E-state index in [0.29, 0.717) is 43.8 Å². The summed E-state index contributed by atoms with van der Waals surface area (Å²) in [6.45, 7) is 6.79. The number of fused-ring (bicyclic) bond motifs is 1. The Bertz CT molecular complexity index is 1650. The number of imide groups is 1. The van der Waals surface area contributed by atoms with Crippen LogP contribution in [0.2, 0.25) is 0 Å². The lowest BCUT2D eigenvalue weighted by Gasteiger charge is -2.36. The number of hydrogen-bond donors (Lipinski definition) is 1. The van der Waals surface area contributed by atoms with Gasteiger partial charge >= 0.3 is 5.97 Å². The number of carbonyl (C=O) groups excluding carboxylic acids is 4. The van der Waals surface area contributed by atoms with E-state index in [1.165, 1.54) is 5.56 Å². The van der Waals surface area contributed by atoms with Crippen molar-refractivity contribution < 1.29 is 28.8 Å². The van der Waals surface area contributed by atoms with E-state index in [9.17, 15) is 19.2 Å². The number of benzene rings is 3. The summed E-state index contributed by atoms with van der Waals surface area (Å²) in [5, 5.41) is 4.10. The van der Waals surface area contributed by atoms with Crippen LogP contribution in [0, 0.1) is 0 Å². The van der Waals surface area contributed by atoms with Crippen LogP contribution < -0.4 is 10.2 Å². The van der Waals surface area contributed by atoms with Gasteiger partial charge in [-0.3, -0.25) is 24.6 Å². The molecule has 7 rings (SSSR count). The van der Waals surface area contributed by atoms with Crippen LogP contribution in [0.5, 0.6) is 0 Å². The third kappa shape index (κ3) is 7.28. The monoisotopic (exact) mass is 651 g/mol. The van der Waals surface area contributed by atoms with Crippen molar-refractivity contribution in [2.45, 2.75) is 57.5 Å². The molecule has 3 aromatic rings. The zero-order chi connectivity index (χ0) is 33.0. The van der Waals surface area contributed by atoms with Crippen molar-refractivity contribution in [2.24, 2.45) is 0 Å². The summed E-state index contributed by atoms with van der Waals surface area (Å²) in [6.07, 6.45) is 2.39. The molecule has 0 aromatic heterocycles. The van der Waals surface area contributed by atoms with E-state index in [2.05, 4.69) is 45.4 Å². The van der Waals surface area contributed by atoms with E-state index >= 15 is 0 Å². The first-order valence-electron chi connectivity index (χ1n) is 16.9. The predicted molar refractivity (Wildman–Crippen MR) is 178 cm³/mol. The van der Waals surface area contributed by atoms with Crippen molar-refractivity contribution in [1.29, 1.82) is 0 Å². The molecule has 0 bridgehead atoms. The number of hydroxylamine groups is 2. The first-order valence-corrected chi connectivity index (χ1v) is 16.9. The smallest absolute Gasteiger partial charge is 0.357 e. The number of nitrogens with one attached hydrogen (secondary N) is 1. The SMILES string of the molecule is O=C1CCC(N2Cc3cc(N4CCN(Cc5ccc(COC6CCN(OC(=O)c7ccccc7)CC6)cc5)CC4)ccc3C2=O)C(=O)N1. The summed E-state index contributed by atoms with van der Waals surface area (Å²) >= 11 is 0. The summed E-state index contributed by atoms with van der Waals surface area (Å²) < 4.78 is 6.20. The fourth-order valence-electron chi connectivity index (χ4n) is 6.97. The fraction of sp³-hybridized carbons (Fsp3) is 0.405. The Morgan fingerprint density at radius 1 is 0.812 bits per heavy atom. The second-order valence-electron chi connectivity index (χ2n) is 13.0. The van der Waals surface area contributed by atoms with Gasteiger partial charge in [0, 0.05) is 70.0 Å². The van der Waals surface area contributed by atoms with Crippen molar-refractivity contribution in [2.75, 3.05) is 44.2 Å². The number of rotatable bonds is 9. The minimum absolute atomic E-state index is 0.141. The van der Waals surface area contributed by atoms with Crippen LogP contribution in [-0.4, -0.2) is 90.0 Å². The van der Waals surface area contributed by atoms with E-state index in [4.69, 9.17) is 9.57 Å². The molecule has 3 aromatic carbocycles. The second-order valence-corrected chi connectivity index (χ2v) is 13.0. The van der Waals surface area contributed by atoms with Gasteiger partial charge in [0.05, 0.1) is 18.3 Å². The van der Waals surface area contributed by atoms with Crippen LogP contribution >= 0.6 is 0 Å². The maximum absolute atomic E-state index is 13.1. The number of carbonyl (C=O) groups is 4. The maximum atomic E-state index is 13.1. The molecular formula is C37H41N5O6. The number of hydrogen-bond acceptors (Lipinski definition) is 9. The normalized spacial score (nSPS) is 20.9.